The lowest BCUT2D eigenvalue weighted by molar-refractivity contribution is -0.139. The Bertz CT molecular complexity index is 452. The molecule has 3 unspecified atom stereocenters. The van der Waals surface area contributed by atoms with Gasteiger partial charge in [0.05, 0.1) is 12.5 Å². The predicted octanol–water partition coefficient (Wildman–Crippen LogP) is 4.15. The number of carboxylic acids is 1. The zero-order valence-corrected chi connectivity index (χ0v) is 13.0. The Kier molecular flexibility index (Phi) is 5.66. The van der Waals surface area contributed by atoms with Crippen LogP contribution in [0.2, 0.25) is 0 Å². The van der Waals surface area contributed by atoms with E-state index in [1.807, 2.05) is 12.1 Å². The van der Waals surface area contributed by atoms with Crippen molar-refractivity contribution in [3.63, 3.8) is 0 Å². The first-order chi connectivity index (χ1) is 10.1. The van der Waals surface area contributed by atoms with Crippen molar-refractivity contribution < 1.29 is 14.6 Å². The van der Waals surface area contributed by atoms with Gasteiger partial charge in [-0.1, -0.05) is 38.8 Å². The van der Waals surface area contributed by atoms with Gasteiger partial charge in [-0.3, -0.25) is 4.79 Å². The van der Waals surface area contributed by atoms with Crippen molar-refractivity contribution in [1.29, 1.82) is 0 Å². The van der Waals surface area contributed by atoms with Gasteiger partial charge in [0.2, 0.25) is 0 Å². The van der Waals surface area contributed by atoms with E-state index in [0.717, 1.165) is 31.6 Å². The van der Waals surface area contributed by atoms with Crippen LogP contribution in [0, 0.1) is 17.8 Å². The van der Waals surface area contributed by atoms with E-state index in [9.17, 15) is 4.79 Å². The van der Waals surface area contributed by atoms with E-state index in [1.165, 1.54) is 18.4 Å². The average molecular weight is 290 g/mol. The average Bonchev–Trinajstić information content (AvgIpc) is 3.26. The van der Waals surface area contributed by atoms with E-state index < -0.39 is 5.97 Å². The monoisotopic (exact) mass is 290 g/mol. The number of hydrogen-bond donors (Lipinski definition) is 1. The van der Waals surface area contributed by atoms with Crippen molar-refractivity contribution in [2.75, 3.05) is 6.61 Å². The summed E-state index contributed by atoms with van der Waals surface area (Å²) in [6.45, 7) is 5.12. The molecule has 0 saturated heterocycles. The van der Waals surface area contributed by atoms with Crippen LogP contribution in [0.5, 0.6) is 5.75 Å². The standard InChI is InChI=1S/C18H26O3/c1-3-4-5-10-21-15-8-6-14(7-9-15)11-13(2)16-12-17(16)18(19)20/h6-9,13,16-17H,3-5,10-12H2,1-2H3,(H,19,20). The molecule has 21 heavy (non-hydrogen) atoms. The van der Waals surface area contributed by atoms with Crippen molar-refractivity contribution in [1.82, 2.24) is 0 Å². The SMILES string of the molecule is CCCCCOc1ccc(CC(C)C2CC2C(=O)O)cc1. The quantitative estimate of drug-likeness (QED) is 0.695. The van der Waals surface area contributed by atoms with Crippen molar-refractivity contribution in [2.45, 2.75) is 46.0 Å². The molecule has 1 aliphatic carbocycles. The number of aliphatic carboxylic acids is 1. The molecule has 1 N–H and O–H groups in total. The molecule has 3 atom stereocenters. The first-order valence-electron chi connectivity index (χ1n) is 8.06. The second-order valence-corrected chi connectivity index (χ2v) is 6.23. The number of hydrogen-bond acceptors (Lipinski definition) is 2. The molecular formula is C18H26O3. The second-order valence-electron chi connectivity index (χ2n) is 6.23. The molecule has 1 fully saturated rings. The van der Waals surface area contributed by atoms with Gasteiger partial charge in [0, 0.05) is 0 Å². The van der Waals surface area contributed by atoms with Crippen LogP contribution in [0.15, 0.2) is 24.3 Å². The summed E-state index contributed by atoms with van der Waals surface area (Å²) in [6, 6.07) is 8.25. The molecule has 0 bridgehead atoms. The minimum atomic E-state index is -0.636. The largest absolute Gasteiger partial charge is 0.494 e. The highest BCUT2D eigenvalue weighted by Gasteiger charge is 2.45. The topological polar surface area (TPSA) is 46.5 Å². The van der Waals surface area contributed by atoms with Crippen LogP contribution < -0.4 is 4.74 Å². The summed E-state index contributed by atoms with van der Waals surface area (Å²) in [5.74, 6) is 0.969. The first-order valence-corrected chi connectivity index (χ1v) is 8.06. The van der Waals surface area contributed by atoms with Crippen LogP contribution in [0.3, 0.4) is 0 Å². The molecule has 3 nitrogen and oxygen atoms in total. The fourth-order valence-corrected chi connectivity index (χ4v) is 2.91. The van der Waals surface area contributed by atoms with Gasteiger partial charge in [-0.05, 0) is 48.8 Å². The van der Waals surface area contributed by atoms with Gasteiger partial charge in [-0.25, -0.2) is 0 Å². The first kappa shape index (κ1) is 15.9. The highest BCUT2D eigenvalue weighted by molar-refractivity contribution is 5.73. The maximum atomic E-state index is 10.9. The van der Waals surface area contributed by atoms with Gasteiger partial charge in [-0.2, -0.15) is 0 Å². The van der Waals surface area contributed by atoms with Crippen LogP contribution in [0.25, 0.3) is 0 Å². The summed E-state index contributed by atoms with van der Waals surface area (Å²) in [5, 5.41) is 8.98. The van der Waals surface area contributed by atoms with E-state index in [1.54, 1.807) is 0 Å². The summed E-state index contributed by atoms with van der Waals surface area (Å²) < 4.78 is 5.70. The van der Waals surface area contributed by atoms with Gasteiger partial charge >= 0.3 is 5.97 Å². The lowest BCUT2D eigenvalue weighted by Gasteiger charge is -2.11. The maximum Gasteiger partial charge on any atom is 0.306 e. The van der Waals surface area contributed by atoms with Crippen molar-refractivity contribution in [2.24, 2.45) is 17.8 Å². The highest BCUT2D eigenvalue weighted by Crippen LogP contribution is 2.45. The molecular weight excluding hydrogens is 264 g/mol. The number of carbonyl (C=O) groups is 1. The molecule has 1 aromatic carbocycles. The Morgan fingerprint density at radius 3 is 2.62 bits per heavy atom. The smallest absolute Gasteiger partial charge is 0.306 e. The molecule has 116 valence electrons. The molecule has 0 spiro atoms. The number of rotatable bonds is 9. The molecule has 0 radical (unpaired) electrons. The number of ether oxygens (including phenoxy) is 1. The van der Waals surface area contributed by atoms with Gasteiger partial charge in [0.25, 0.3) is 0 Å². The van der Waals surface area contributed by atoms with Gasteiger partial charge < -0.3 is 9.84 Å². The summed E-state index contributed by atoms with van der Waals surface area (Å²) in [4.78, 5) is 10.9. The van der Waals surface area contributed by atoms with E-state index >= 15 is 0 Å². The van der Waals surface area contributed by atoms with E-state index in [-0.39, 0.29) is 5.92 Å². The van der Waals surface area contributed by atoms with Gasteiger partial charge in [0.1, 0.15) is 5.75 Å². The van der Waals surface area contributed by atoms with E-state index in [2.05, 4.69) is 26.0 Å². The molecule has 0 amide bonds. The lowest BCUT2D eigenvalue weighted by atomic mass is 9.95. The summed E-state index contributed by atoms with van der Waals surface area (Å²) >= 11 is 0. The normalized spacial score (nSPS) is 21.8. The van der Waals surface area contributed by atoms with Crippen molar-refractivity contribution >= 4 is 5.97 Å². The fourth-order valence-electron chi connectivity index (χ4n) is 2.91. The summed E-state index contributed by atoms with van der Waals surface area (Å²) in [6.07, 6.45) is 5.31. The third-order valence-electron chi connectivity index (χ3n) is 4.39. The number of benzene rings is 1. The van der Waals surface area contributed by atoms with Gasteiger partial charge in [0.15, 0.2) is 0 Å². The Balaban J connectivity index is 1.76. The Morgan fingerprint density at radius 2 is 2.05 bits per heavy atom. The highest BCUT2D eigenvalue weighted by atomic mass is 16.5. The fraction of sp³-hybridized carbons (Fsp3) is 0.611. The number of unbranched alkanes of at least 4 members (excludes halogenated alkanes) is 2. The minimum Gasteiger partial charge on any atom is -0.494 e. The van der Waals surface area contributed by atoms with Crippen LogP contribution in [-0.4, -0.2) is 17.7 Å². The Hall–Kier alpha value is -1.51. The Labute approximate surface area is 127 Å². The third kappa shape index (κ3) is 4.76. The summed E-state index contributed by atoms with van der Waals surface area (Å²) in [7, 11) is 0. The third-order valence-corrected chi connectivity index (χ3v) is 4.39. The second kappa shape index (κ2) is 7.48. The van der Waals surface area contributed by atoms with Gasteiger partial charge in [-0.15, -0.1) is 0 Å². The molecule has 1 saturated carbocycles. The zero-order valence-electron chi connectivity index (χ0n) is 13.0. The molecule has 3 heteroatoms. The van der Waals surface area contributed by atoms with Crippen LogP contribution in [0.4, 0.5) is 0 Å². The molecule has 0 heterocycles. The molecule has 0 aromatic heterocycles. The molecule has 1 aromatic rings. The lowest BCUT2D eigenvalue weighted by Crippen LogP contribution is -2.08. The zero-order chi connectivity index (χ0) is 15.2. The summed E-state index contributed by atoms with van der Waals surface area (Å²) in [5.41, 5.74) is 1.26. The molecule has 2 rings (SSSR count). The van der Waals surface area contributed by atoms with E-state index in [0.29, 0.717) is 11.8 Å². The van der Waals surface area contributed by atoms with Crippen LogP contribution in [-0.2, 0) is 11.2 Å². The Morgan fingerprint density at radius 1 is 1.33 bits per heavy atom. The minimum absolute atomic E-state index is 0.110. The number of carboxylic acid groups (broad SMARTS) is 1. The maximum absolute atomic E-state index is 10.9. The van der Waals surface area contributed by atoms with Crippen molar-refractivity contribution in [3.05, 3.63) is 29.8 Å². The van der Waals surface area contributed by atoms with E-state index in [4.69, 9.17) is 9.84 Å². The van der Waals surface area contributed by atoms with Crippen molar-refractivity contribution in [3.8, 4) is 5.75 Å². The van der Waals surface area contributed by atoms with Crippen LogP contribution in [0.1, 0.15) is 45.1 Å². The molecule has 1 aliphatic rings. The molecule has 0 aliphatic heterocycles. The van der Waals surface area contributed by atoms with Crippen LogP contribution >= 0.6 is 0 Å². The predicted molar refractivity (Wildman–Crippen MR) is 83.6 cm³/mol.